The van der Waals surface area contributed by atoms with Gasteiger partial charge in [0, 0.05) is 13.0 Å². The zero-order valence-electron chi connectivity index (χ0n) is 9.40. The van der Waals surface area contributed by atoms with E-state index in [-0.39, 0.29) is 12.4 Å². The summed E-state index contributed by atoms with van der Waals surface area (Å²) in [7, 11) is 0. The molecule has 3 nitrogen and oxygen atoms in total. The Bertz CT molecular complexity index is 246. The predicted molar refractivity (Wildman–Crippen MR) is 59.2 cm³/mol. The Balaban J connectivity index is 3.52. The van der Waals surface area contributed by atoms with Crippen molar-refractivity contribution in [3.8, 4) is 0 Å². The lowest BCUT2D eigenvalue weighted by Gasteiger charge is -2.07. The molecule has 0 aliphatic carbocycles. The molecule has 3 N–H and O–H groups in total. The molecule has 0 unspecified atom stereocenters. The fraction of sp³-hybridized carbons (Fsp3) is 0.700. The van der Waals surface area contributed by atoms with Crippen LogP contribution in [0.2, 0.25) is 0 Å². The van der Waals surface area contributed by atoms with Crippen molar-refractivity contribution in [2.24, 2.45) is 10.7 Å². The number of alkyl halides is 3. The van der Waals surface area contributed by atoms with Gasteiger partial charge in [-0.2, -0.15) is 13.2 Å². The van der Waals surface area contributed by atoms with Crippen molar-refractivity contribution < 1.29 is 13.2 Å². The van der Waals surface area contributed by atoms with Crippen LogP contribution in [0.25, 0.3) is 0 Å². The van der Waals surface area contributed by atoms with Crippen molar-refractivity contribution in [1.82, 2.24) is 5.32 Å². The van der Waals surface area contributed by atoms with Gasteiger partial charge in [0.05, 0.1) is 6.54 Å². The molecule has 0 fully saturated rings. The smallest absolute Gasteiger partial charge is 0.370 e. The topological polar surface area (TPSA) is 50.4 Å². The van der Waals surface area contributed by atoms with Crippen molar-refractivity contribution in [2.75, 3.05) is 13.1 Å². The SMILES string of the molecule is C=C(C)CN=C(N)NCCCCC(F)(F)F. The molecule has 0 spiro atoms. The summed E-state index contributed by atoms with van der Waals surface area (Å²) in [5, 5.41) is 2.74. The van der Waals surface area contributed by atoms with Crippen LogP contribution in [0.1, 0.15) is 26.2 Å². The van der Waals surface area contributed by atoms with Crippen LogP contribution in [-0.2, 0) is 0 Å². The van der Waals surface area contributed by atoms with E-state index in [1.807, 2.05) is 6.92 Å². The number of halogens is 3. The normalized spacial score (nSPS) is 12.6. The van der Waals surface area contributed by atoms with Gasteiger partial charge in [-0.05, 0) is 19.8 Å². The molecule has 6 heteroatoms. The molecule has 0 radical (unpaired) electrons. The van der Waals surface area contributed by atoms with E-state index >= 15 is 0 Å². The molecule has 0 heterocycles. The molecular weight excluding hydrogens is 219 g/mol. The average molecular weight is 237 g/mol. The highest BCUT2D eigenvalue weighted by Gasteiger charge is 2.25. The average Bonchev–Trinajstić information content (AvgIpc) is 2.12. The molecule has 0 saturated carbocycles. The van der Waals surface area contributed by atoms with E-state index in [4.69, 9.17) is 5.73 Å². The van der Waals surface area contributed by atoms with Gasteiger partial charge in [0.25, 0.3) is 0 Å². The zero-order chi connectivity index (χ0) is 12.6. The fourth-order valence-electron chi connectivity index (χ4n) is 0.943. The third-order valence-electron chi connectivity index (χ3n) is 1.71. The minimum atomic E-state index is -4.07. The number of guanidine groups is 1. The van der Waals surface area contributed by atoms with E-state index in [0.29, 0.717) is 19.5 Å². The van der Waals surface area contributed by atoms with Gasteiger partial charge in [0.2, 0.25) is 0 Å². The molecule has 16 heavy (non-hydrogen) atoms. The lowest BCUT2D eigenvalue weighted by molar-refractivity contribution is -0.135. The van der Waals surface area contributed by atoms with Crippen LogP contribution < -0.4 is 11.1 Å². The maximum atomic E-state index is 11.8. The minimum Gasteiger partial charge on any atom is -0.370 e. The number of nitrogens with one attached hydrogen (secondary N) is 1. The fourth-order valence-corrected chi connectivity index (χ4v) is 0.943. The Labute approximate surface area is 93.6 Å². The van der Waals surface area contributed by atoms with Crippen molar-refractivity contribution in [2.45, 2.75) is 32.4 Å². The van der Waals surface area contributed by atoms with Crippen molar-refractivity contribution >= 4 is 5.96 Å². The number of hydrogen-bond acceptors (Lipinski definition) is 1. The lowest BCUT2D eigenvalue weighted by Crippen LogP contribution is -2.32. The summed E-state index contributed by atoms with van der Waals surface area (Å²) < 4.78 is 35.3. The molecule has 0 atom stereocenters. The van der Waals surface area contributed by atoms with Gasteiger partial charge in [0.15, 0.2) is 5.96 Å². The highest BCUT2D eigenvalue weighted by molar-refractivity contribution is 5.77. The van der Waals surface area contributed by atoms with Crippen LogP contribution in [0.5, 0.6) is 0 Å². The predicted octanol–water partition coefficient (Wildman–Crippen LogP) is 2.20. The van der Waals surface area contributed by atoms with Crippen LogP contribution in [0, 0.1) is 0 Å². The number of hydrogen-bond donors (Lipinski definition) is 2. The summed E-state index contributed by atoms with van der Waals surface area (Å²) >= 11 is 0. The zero-order valence-corrected chi connectivity index (χ0v) is 9.40. The Hall–Kier alpha value is -1.20. The molecule has 0 aromatic carbocycles. The third kappa shape index (κ3) is 10.9. The highest BCUT2D eigenvalue weighted by Crippen LogP contribution is 2.21. The minimum absolute atomic E-state index is 0.101. The number of rotatable bonds is 6. The summed E-state index contributed by atoms with van der Waals surface area (Å²) in [6, 6.07) is 0. The molecule has 0 bridgehead atoms. The summed E-state index contributed by atoms with van der Waals surface area (Å²) in [5.41, 5.74) is 6.34. The number of aliphatic imine (C=N–C) groups is 1. The first-order valence-corrected chi connectivity index (χ1v) is 5.06. The molecular formula is C10H18F3N3. The summed E-state index contributed by atoms with van der Waals surface area (Å²) in [5.74, 6) is 0.245. The third-order valence-corrected chi connectivity index (χ3v) is 1.71. The van der Waals surface area contributed by atoms with E-state index in [1.54, 1.807) is 0 Å². The van der Waals surface area contributed by atoms with Gasteiger partial charge in [-0.15, -0.1) is 0 Å². The van der Waals surface area contributed by atoms with Gasteiger partial charge >= 0.3 is 6.18 Å². The van der Waals surface area contributed by atoms with Crippen molar-refractivity contribution in [3.63, 3.8) is 0 Å². The maximum absolute atomic E-state index is 11.8. The molecule has 94 valence electrons. The van der Waals surface area contributed by atoms with Gasteiger partial charge < -0.3 is 11.1 Å². The maximum Gasteiger partial charge on any atom is 0.389 e. The molecule has 0 aliphatic rings. The summed E-state index contributed by atoms with van der Waals surface area (Å²) in [6.07, 6.45) is -4.30. The molecule has 0 aromatic heterocycles. The van der Waals surface area contributed by atoms with E-state index in [1.165, 1.54) is 0 Å². The second-order valence-electron chi connectivity index (χ2n) is 3.66. The molecule has 0 rings (SSSR count). The molecule has 0 amide bonds. The van der Waals surface area contributed by atoms with E-state index in [2.05, 4.69) is 16.9 Å². The largest absolute Gasteiger partial charge is 0.389 e. The van der Waals surface area contributed by atoms with Crippen LogP contribution in [-0.4, -0.2) is 25.2 Å². The lowest BCUT2D eigenvalue weighted by atomic mass is 10.2. The standard InChI is InChI=1S/C10H18F3N3/c1-8(2)7-16-9(14)15-6-4-3-5-10(11,12)13/h1,3-7H2,2H3,(H3,14,15,16). The van der Waals surface area contributed by atoms with Crippen molar-refractivity contribution in [1.29, 1.82) is 0 Å². The number of nitrogens with two attached hydrogens (primary N) is 1. The Morgan fingerprint density at radius 1 is 1.38 bits per heavy atom. The van der Waals surface area contributed by atoms with Crippen LogP contribution in [0.15, 0.2) is 17.1 Å². The van der Waals surface area contributed by atoms with Gasteiger partial charge in [-0.3, -0.25) is 0 Å². The van der Waals surface area contributed by atoms with E-state index in [9.17, 15) is 13.2 Å². The first-order chi connectivity index (χ1) is 7.31. The first-order valence-electron chi connectivity index (χ1n) is 5.06. The first kappa shape index (κ1) is 14.8. The van der Waals surface area contributed by atoms with Gasteiger partial charge in [0.1, 0.15) is 0 Å². The van der Waals surface area contributed by atoms with E-state index in [0.717, 1.165) is 5.57 Å². The Kier molecular flexibility index (Phi) is 6.60. The second-order valence-corrected chi connectivity index (χ2v) is 3.66. The number of nitrogens with zero attached hydrogens (tertiary/aromatic N) is 1. The Morgan fingerprint density at radius 2 is 2.00 bits per heavy atom. The van der Waals surface area contributed by atoms with Crippen molar-refractivity contribution in [3.05, 3.63) is 12.2 Å². The Morgan fingerprint density at radius 3 is 2.50 bits per heavy atom. The van der Waals surface area contributed by atoms with Crippen LogP contribution in [0.3, 0.4) is 0 Å². The van der Waals surface area contributed by atoms with Gasteiger partial charge in [-0.25, -0.2) is 4.99 Å². The number of unbranched alkanes of at least 4 members (excludes halogenated alkanes) is 1. The molecule has 0 aliphatic heterocycles. The van der Waals surface area contributed by atoms with Gasteiger partial charge in [-0.1, -0.05) is 12.2 Å². The molecule has 0 aromatic rings. The monoisotopic (exact) mass is 237 g/mol. The van der Waals surface area contributed by atoms with Crippen LogP contribution >= 0.6 is 0 Å². The summed E-state index contributed by atoms with van der Waals surface area (Å²) in [6.45, 7) is 6.30. The quantitative estimate of drug-likeness (QED) is 0.322. The second kappa shape index (κ2) is 7.14. The molecule has 0 saturated heterocycles. The highest BCUT2D eigenvalue weighted by atomic mass is 19.4. The van der Waals surface area contributed by atoms with Crippen LogP contribution in [0.4, 0.5) is 13.2 Å². The summed E-state index contributed by atoms with van der Waals surface area (Å²) in [4.78, 5) is 3.93. The van der Waals surface area contributed by atoms with E-state index < -0.39 is 12.6 Å².